The Balaban J connectivity index is 1.65. The third kappa shape index (κ3) is 1.61. The molecule has 15 heavy (non-hydrogen) atoms. The van der Waals surface area contributed by atoms with Gasteiger partial charge in [0, 0.05) is 25.0 Å². The summed E-state index contributed by atoms with van der Waals surface area (Å²) in [4.78, 5) is 0. The van der Waals surface area contributed by atoms with E-state index in [0.717, 1.165) is 39.0 Å². The van der Waals surface area contributed by atoms with Gasteiger partial charge in [-0.25, -0.2) is 12.7 Å². The summed E-state index contributed by atoms with van der Waals surface area (Å²) in [5.74, 6) is 0. The summed E-state index contributed by atoms with van der Waals surface area (Å²) >= 11 is 0. The average Bonchev–Trinajstić information content (AvgIpc) is 2.98. The van der Waals surface area contributed by atoms with Crippen molar-refractivity contribution in [2.45, 2.75) is 30.9 Å². The molecule has 0 aromatic carbocycles. The first-order valence-electron chi connectivity index (χ1n) is 5.82. The van der Waals surface area contributed by atoms with Crippen LogP contribution in [0.25, 0.3) is 0 Å². The Hall–Kier alpha value is -0.130. The fraction of sp³-hybridized carbons (Fsp3) is 1.00. The Labute approximate surface area is 91.1 Å². The molecule has 1 aliphatic carbocycles. The highest BCUT2D eigenvalue weighted by atomic mass is 32.2. The van der Waals surface area contributed by atoms with Crippen molar-refractivity contribution < 1.29 is 8.42 Å². The Kier molecular flexibility index (Phi) is 2.13. The molecule has 1 spiro atoms. The molecule has 0 bridgehead atoms. The molecule has 4 nitrogen and oxygen atoms in total. The highest BCUT2D eigenvalue weighted by Gasteiger charge is 2.52. The number of nitrogens with one attached hydrogen (secondary N) is 1. The maximum atomic E-state index is 11.9. The molecule has 0 amide bonds. The van der Waals surface area contributed by atoms with E-state index in [1.807, 2.05) is 0 Å². The zero-order chi connectivity index (χ0) is 10.5. The first-order chi connectivity index (χ1) is 7.12. The van der Waals surface area contributed by atoms with E-state index in [-0.39, 0.29) is 10.7 Å². The Morgan fingerprint density at radius 1 is 1.27 bits per heavy atom. The number of rotatable bonds is 2. The van der Waals surface area contributed by atoms with Crippen LogP contribution in [-0.4, -0.2) is 44.2 Å². The summed E-state index contributed by atoms with van der Waals surface area (Å²) in [5, 5.41) is 3.34. The Morgan fingerprint density at radius 2 is 2.00 bits per heavy atom. The van der Waals surface area contributed by atoms with E-state index in [0.29, 0.717) is 0 Å². The molecule has 0 unspecified atom stereocenters. The number of hydrogen-bond acceptors (Lipinski definition) is 3. The molecule has 0 aromatic rings. The molecule has 3 aliphatic rings. The lowest BCUT2D eigenvalue weighted by atomic mass is 9.75. The summed E-state index contributed by atoms with van der Waals surface area (Å²) in [7, 11) is -2.90. The maximum absolute atomic E-state index is 11.9. The van der Waals surface area contributed by atoms with Crippen LogP contribution in [0.1, 0.15) is 25.7 Å². The normalized spacial score (nSPS) is 31.5. The number of hydrogen-bond donors (Lipinski definition) is 1. The van der Waals surface area contributed by atoms with Crippen LogP contribution in [0.4, 0.5) is 0 Å². The second kappa shape index (κ2) is 3.18. The zero-order valence-electron chi connectivity index (χ0n) is 8.91. The third-order valence-corrected chi connectivity index (χ3v) is 6.18. The van der Waals surface area contributed by atoms with Crippen molar-refractivity contribution in [3.63, 3.8) is 0 Å². The fourth-order valence-electron chi connectivity index (χ4n) is 2.76. The van der Waals surface area contributed by atoms with Gasteiger partial charge in [-0.3, -0.25) is 0 Å². The van der Waals surface area contributed by atoms with Crippen molar-refractivity contribution in [3.05, 3.63) is 0 Å². The zero-order valence-corrected chi connectivity index (χ0v) is 9.72. The summed E-state index contributed by atoms with van der Waals surface area (Å²) in [6.45, 7) is 3.62. The van der Waals surface area contributed by atoms with E-state index in [9.17, 15) is 8.42 Å². The standard InChI is InChI=1S/C10H18N2O2S/c13-15(14,9-2-3-9)12-7-10(8-12)4-1-5-11-6-10/h9,11H,1-8H2. The molecule has 1 saturated carbocycles. The van der Waals surface area contributed by atoms with Crippen molar-refractivity contribution >= 4 is 10.0 Å². The predicted octanol–water partition coefficient (Wildman–Crippen LogP) is 0.164. The fourth-order valence-corrected chi connectivity index (χ4v) is 4.82. The highest BCUT2D eigenvalue weighted by Crippen LogP contribution is 2.42. The van der Waals surface area contributed by atoms with Gasteiger partial charge in [-0.1, -0.05) is 0 Å². The van der Waals surface area contributed by atoms with Gasteiger partial charge in [-0.05, 0) is 32.2 Å². The second-order valence-corrected chi connectivity index (χ2v) is 7.51. The second-order valence-electron chi connectivity index (χ2n) is 5.29. The van der Waals surface area contributed by atoms with Crippen LogP contribution >= 0.6 is 0 Å². The monoisotopic (exact) mass is 230 g/mol. The minimum atomic E-state index is -2.90. The molecule has 0 radical (unpaired) electrons. The lowest BCUT2D eigenvalue weighted by Crippen LogP contribution is -2.64. The SMILES string of the molecule is O=S(=O)(C1CC1)N1CC2(CCCNC2)C1. The van der Waals surface area contributed by atoms with Crippen molar-refractivity contribution in [1.29, 1.82) is 0 Å². The van der Waals surface area contributed by atoms with Gasteiger partial charge in [0.05, 0.1) is 5.25 Å². The van der Waals surface area contributed by atoms with Crippen LogP contribution < -0.4 is 5.32 Å². The van der Waals surface area contributed by atoms with E-state index >= 15 is 0 Å². The van der Waals surface area contributed by atoms with E-state index in [4.69, 9.17) is 0 Å². The minimum Gasteiger partial charge on any atom is -0.316 e. The quantitative estimate of drug-likeness (QED) is 0.735. The van der Waals surface area contributed by atoms with E-state index in [2.05, 4.69) is 5.32 Å². The van der Waals surface area contributed by atoms with Gasteiger partial charge in [-0.2, -0.15) is 0 Å². The van der Waals surface area contributed by atoms with Gasteiger partial charge >= 0.3 is 0 Å². The molecule has 86 valence electrons. The lowest BCUT2D eigenvalue weighted by Gasteiger charge is -2.51. The number of sulfonamides is 1. The van der Waals surface area contributed by atoms with Gasteiger partial charge in [0.15, 0.2) is 0 Å². The maximum Gasteiger partial charge on any atom is 0.217 e. The smallest absolute Gasteiger partial charge is 0.217 e. The topological polar surface area (TPSA) is 49.4 Å². The summed E-state index contributed by atoms with van der Waals surface area (Å²) in [6, 6.07) is 0. The average molecular weight is 230 g/mol. The first kappa shape index (κ1) is 10.1. The highest BCUT2D eigenvalue weighted by molar-refractivity contribution is 7.90. The minimum absolute atomic E-state index is 0.0357. The van der Waals surface area contributed by atoms with Crippen molar-refractivity contribution in [1.82, 2.24) is 9.62 Å². The van der Waals surface area contributed by atoms with E-state index < -0.39 is 10.0 Å². The van der Waals surface area contributed by atoms with Crippen molar-refractivity contribution in [2.75, 3.05) is 26.2 Å². The van der Waals surface area contributed by atoms with Gasteiger partial charge in [0.2, 0.25) is 10.0 Å². The molecular formula is C10H18N2O2S. The van der Waals surface area contributed by atoms with Gasteiger partial charge in [-0.15, -0.1) is 0 Å². The molecule has 0 aromatic heterocycles. The molecular weight excluding hydrogens is 212 g/mol. The molecule has 3 fully saturated rings. The Bertz CT molecular complexity index is 348. The molecule has 0 atom stereocenters. The predicted molar refractivity (Wildman–Crippen MR) is 58.1 cm³/mol. The largest absolute Gasteiger partial charge is 0.316 e. The van der Waals surface area contributed by atoms with Crippen LogP contribution in [-0.2, 0) is 10.0 Å². The summed E-state index contributed by atoms with van der Waals surface area (Å²) < 4.78 is 25.5. The number of nitrogens with zero attached hydrogens (tertiary/aromatic N) is 1. The van der Waals surface area contributed by atoms with Crippen LogP contribution in [0.15, 0.2) is 0 Å². The van der Waals surface area contributed by atoms with Crippen molar-refractivity contribution in [2.24, 2.45) is 5.41 Å². The van der Waals surface area contributed by atoms with Gasteiger partial charge in [0.25, 0.3) is 0 Å². The van der Waals surface area contributed by atoms with Crippen molar-refractivity contribution in [3.8, 4) is 0 Å². The Morgan fingerprint density at radius 3 is 2.53 bits per heavy atom. The summed E-state index contributed by atoms with van der Waals surface area (Å²) in [5.41, 5.74) is 0.278. The van der Waals surface area contributed by atoms with Crippen LogP contribution in [0.3, 0.4) is 0 Å². The molecule has 2 heterocycles. The molecule has 5 heteroatoms. The third-order valence-electron chi connectivity index (χ3n) is 3.89. The lowest BCUT2D eigenvalue weighted by molar-refractivity contribution is 0.0434. The van der Waals surface area contributed by atoms with Gasteiger partial charge in [0.1, 0.15) is 0 Å². The number of piperidine rings is 1. The first-order valence-corrected chi connectivity index (χ1v) is 7.33. The summed E-state index contributed by atoms with van der Waals surface area (Å²) in [6.07, 6.45) is 4.14. The van der Waals surface area contributed by atoms with Crippen LogP contribution in [0.5, 0.6) is 0 Å². The van der Waals surface area contributed by atoms with Crippen LogP contribution in [0.2, 0.25) is 0 Å². The molecule has 2 aliphatic heterocycles. The molecule has 2 saturated heterocycles. The van der Waals surface area contributed by atoms with Crippen LogP contribution in [0, 0.1) is 5.41 Å². The van der Waals surface area contributed by atoms with E-state index in [1.54, 1.807) is 4.31 Å². The molecule has 1 N–H and O–H groups in total. The van der Waals surface area contributed by atoms with Gasteiger partial charge < -0.3 is 5.32 Å². The molecule has 3 rings (SSSR count). The van der Waals surface area contributed by atoms with E-state index in [1.165, 1.54) is 12.8 Å².